The Morgan fingerprint density at radius 2 is 2.15 bits per heavy atom. The number of anilines is 1. The summed E-state index contributed by atoms with van der Waals surface area (Å²) in [5.74, 6) is 1.49. The predicted molar refractivity (Wildman–Crippen MR) is 83.2 cm³/mol. The molecule has 0 unspecified atom stereocenters. The first kappa shape index (κ1) is 13.0. The van der Waals surface area contributed by atoms with E-state index in [1.165, 1.54) is 10.1 Å². The summed E-state index contributed by atoms with van der Waals surface area (Å²) in [6.45, 7) is 2.52. The summed E-state index contributed by atoms with van der Waals surface area (Å²) >= 11 is 1.70. The molecule has 2 heterocycles. The Labute approximate surface area is 121 Å². The van der Waals surface area contributed by atoms with Crippen LogP contribution in [0.2, 0.25) is 0 Å². The molecule has 102 valence electrons. The Morgan fingerprint density at radius 1 is 1.30 bits per heavy atom. The smallest absolute Gasteiger partial charge is 0.162 e. The lowest BCUT2D eigenvalue weighted by Crippen LogP contribution is -2.09. The SMILES string of the molecule is Cc1cnc(-c2csc3ccccc23)nc1NCCO. The molecule has 1 aromatic carbocycles. The van der Waals surface area contributed by atoms with E-state index >= 15 is 0 Å². The van der Waals surface area contributed by atoms with Gasteiger partial charge in [0.15, 0.2) is 5.82 Å². The summed E-state index contributed by atoms with van der Waals surface area (Å²) in [4.78, 5) is 9.01. The van der Waals surface area contributed by atoms with Gasteiger partial charge in [0, 0.05) is 39.3 Å². The molecule has 0 aliphatic heterocycles. The van der Waals surface area contributed by atoms with Gasteiger partial charge in [-0.15, -0.1) is 11.3 Å². The van der Waals surface area contributed by atoms with Gasteiger partial charge in [0.1, 0.15) is 5.82 Å². The monoisotopic (exact) mass is 285 g/mol. The van der Waals surface area contributed by atoms with Gasteiger partial charge in [-0.05, 0) is 13.0 Å². The molecule has 20 heavy (non-hydrogen) atoms. The number of aromatic nitrogens is 2. The average molecular weight is 285 g/mol. The van der Waals surface area contributed by atoms with Crippen LogP contribution in [0, 0.1) is 6.92 Å². The van der Waals surface area contributed by atoms with Gasteiger partial charge in [0.25, 0.3) is 0 Å². The summed E-state index contributed by atoms with van der Waals surface area (Å²) in [6.07, 6.45) is 1.81. The lowest BCUT2D eigenvalue weighted by Gasteiger charge is -2.08. The van der Waals surface area contributed by atoms with Crippen molar-refractivity contribution < 1.29 is 5.11 Å². The first-order valence-corrected chi connectivity index (χ1v) is 7.32. The van der Waals surface area contributed by atoms with Crippen molar-refractivity contribution in [1.82, 2.24) is 9.97 Å². The largest absolute Gasteiger partial charge is 0.395 e. The van der Waals surface area contributed by atoms with Crippen LogP contribution in [0.1, 0.15) is 5.56 Å². The van der Waals surface area contributed by atoms with Gasteiger partial charge in [-0.2, -0.15) is 0 Å². The van der Waals surface area contributed by atoms with Crippen molar-refractivity contribution >= 4 is 27.2 Å². The number of aliphatic hydroxyl groups is 1. The normalized spacial score (nSPS) is 10.9. The molecule has 0 saturated carbocycles. The fraction of sp³-hybridized carbons (Fsp3) is 0.200. The van der Waals surface area contributed by atoms with Crippen LogP contribution in [0.15, 0.2) is 35.8 Å². The zero-order valence-electron chi connectivity index (χ0n) is 11.1. The third-order valence-electron chi connectivity index (χ3n) is 3.10. The fourth-order valence-corrected chi connectivity index (χ4v) is 3.02. The second-order valence-electron chi connectivity index (χ2n) is 4.52. The van der Waals surface area contributed by atoms with E-state index in [0.717, 1.165) is 16.9 Å². The summed E-state index contributed by atoms with van der Waals surface area (Å²) in [5, 5.41) is 15.3. The molecular formula is C15H15N3OS. The van der Waals surface area contributed by atoms with Crippen molar-refractivity contribution in [2.45, 2.75) is 6.92 Å². The number of fused-ring (bicyclic) bond motifs is 1. The van der Waals surface area contributed by atoms with Gasteiger partial charge >= 0.3 is 0 Å². The zero-order chi connectivity index (χ0) is 13.9. The van der Waals surface area contributed by atoms with Gasteiger partial charge in [-0.3, -0.25) is 0 Å². The number of hydrogen-bond acceptors (Lipinski definition) is 5. The summed E-state index contributed by atoms with van der Waals surface area (Å²) < 4.78 is 1.23. The maximum absolute atomic E-state index is 8.91. The highest BCUT2D eigenvalue weighted by atomic mass is 32.1. The fourth-order valence-electron chi connectivity index (χ4n) is 2.08. The Morgan fingerprint density at radius 3 is 3.00 bits per heavy atom. The van der Waals surface area contributed by atoms with E-state index < -0.39 is 0 Å². The van der Waals surface area contributed by atoms with Crippen LogP contribution in [0.4, 0.5) is 5.82 Å². The van der Waals surface area contributed by atoms with Crippen molar-refractivity contribution in [3.63, 3.8) is 0 Å². The Balaban J connectivity index is 2.05. The molecule has 0 aliphatic rings. The van der Waals surface area contributed by atoms with E-state index in [9.17, 15) is 0 Å². The molecule has 0 atom stereocenters. The summed E-state index contributed by atoms with van der Waals surface area (Å²) in [7, 11) is 0. The molecule has 2 aromatic heterocycles. The van der Waals surface area contributed by atoms with E-state index in [-0.39, 0.29) is 6.61 Å². The molecule has 0 fully saturated rings. The molecule has 0 bridgehead atoms. The van der Waals surface area contributed by atoms with Crippen LogP contribution in [-0.2, 0) is 0 Å². The first-order valence-electron chi connectivity index (χ1n) is 6.44. The lowest BCUT2D eigenvalue weighted by molar-refractivity contribution is 0.311. The zero-order valence-corrected chi connectivity index (χ0v) is 11.9. The summed E-state index contributed by atoms with van der Waals surface area (Å²) in [6, 6.07) is 8.25. The van der Waals surface area contributed by atoms with Crippen molar-refractivity contribution in [2.75, 3.05) is 18.5 Å². The van der Waals surface area contributed by atoms with Crippen LogP contribution in [0.25, 0.3) is 21.5 Å². The number of aryl methyl sites for hydroxylation is 1. The standard InChI is InChI=1S/C15H15N3OS/c1-10-8-17-15(18-14(10)16-6-7-19)12-9-20-13-5-3-2-4-11(12)13/h2-5,8-9,19H,6-7H2,1H3,(H,16,17,18). The van der Waals surface area contributed by atoms with Crippen LogP contribution in [-0.4, -0.2) is 28.2 Å². The van der Waals surface area contributed by atoms with Gasteiger partial charge in [0.2, 0.25) is 0 Å². The lowest BCUT2D eigenvalue weighted by atomic mass is 10.1. The molecule has 0 aliphatic carbocycles. The Bertz CT molecular complexity index is 739. The van der Waals surface area contributed by atoms with Crippen LogP contribution in [0.5, 0.6) is 0 Å². The Hall–Kier alpha value is -1.98. The minimum Gasteiger partial charge on any atom is -0.395 e. The first-order chi connectivity index (χ1) is 9.79. The van der Waals surface area contributed by atoms with Crippen LogP contribution >= 0.6 is 11.3 Å². The molecular weight excluding hydrogens is 270 g/mol. The third-order valence-corrected chi connectivity index (χ3v) is 4.06. The number of benzene rings is 1. The van der Waals surface area contributed by atoms with Crippen molar-refractivity contribution in [1.29, 1.82) is 0 Å². The second kappa shape index (κ2) is 5.56. The van der Waals surface area contributed by atoms with Crippen molar-refractivity contribution in [3.8, 4) is 11.4 Å². The van der Waals surface area contributed by atoms with Crippen LogP contribution < -0.4 is 5.32 Å². The molecule has 0 spiro atoms. The number of aliphatic hydroxyl groups excluding tert-OH is 1. The van der Waals surface area contributed by atoms with E-state index in [1.807, 2.05) is 25.3 Å². The maximum atomic E-state index is 8.91. The van der Waals surface area contributed by atoms with E-state index in [1.54, 1.807) is 11.3 Å². The molecule has 3 aromatic rings. The maximum Gasteiger partial charge on any atom is 0.162 e. The van der Waals surface area contributed by atoms with Gasteiger partial charge in [0.05, 0.1) is 6.61 Å². The molecule has 2 N–H and O–H groups in total. The number of hydrogen-bond donors (Lipinski definition) is 2. The van der Waals surface area contributed by atoms with Gasteiger partial charge < -0.3 is 10.4 Å². The topological polar surface area (TPSA) is 58.0 Å². The average Bonchev–Trinajstić information content (AvgIpc) is 2.90. The number of nitrogens with zero attached hydrogens (tertiary/aromatic N) is 2. The van der Waals surface area contributed by atoms with Crippen molar-refractivity contribution in [2.24, 2.45) is 0 Å². The number of thiophene rings is 1. The molecule has 4 nitrogen and oxygen atoms in total. The van der Waals surface area contributed by atoms with Crippen molar-refractivity contribution in [3.05, 3.63) is 41.4 Å². The highest BCUT2D eigenvalue weighted by Gasteiger charge is 2.10. The highest BCUT2D eigenvalue weighted by Crippen LogP contribution is 2.32. The highest BCUT2D eigenvalue weighted by molar-refractivity contribution is 7.17. The van der Waals surface area contributed by atoms with E-state index in [2.05, 4.69) is 32.8 Å². The predicted octanol–water partition coefficient (Wildman–Crippen LogP) is 3.07. The van der Waals surface area contributed by atoms with E-state index in [4.69, 9.17) is 5.11 Å². The number of rotatable bonds is 4. The van der Waals surface area contributed by atoms with Gasteiger partial charge in [-0.25, -0.2) is 9.97 Å². The minimum atomic E-state index is 0.0835. The molecule has 0 radical (unpaired) electrons. The molecule has 5 heteroatoms. The molecule has 0 amide bonds. The van der Waals surface area contributed by atoms with E-state index in [0.29, 0.717) is 12.4 Å². The Kier molecular flexibility index (Phi) is 3.62. The second-order valence-corrected chi connectivity index (χ2v) is 5.43. The quantitative estimate of drug-likeness (QED) is 0.773. The third kappa shape index (κ3) is 2.37. The molecule has 3 rings (SSSR count). The van der Waals surface area contributed by atoms with Gasteiger partial charge in [-0.1, -0.05) is 18.2 Å². The van der Waals surface area contributed by atoms with Crippen LogP contribution in [0.3, 0.4) is 0 Å². The molecule has 0 saturated heterocycles. The summed E-state index contributed by atoms with van der Waals surface area (Å²) in [5.41, 5.74) is 2.03. The minimum absolute atomic E-state index is 0.0835. The number of nitrogens with one attached hydrogen (secondary N) is 1.